The molecule has 0 amide bonds. The molecule has 0 bridgehead atoms. The number of aromatic hydroxyl groups is 1. The molecule has 0 radical (unpaired) electrons. The van der Waals surface area contributed by atoms with Crippen molar-refractivity contribution in [2.24, 2.45) is 22.2 Å². The molecule has 3 aromatic carbocycles. The van der Waals surface area contributed by atoms with E-state index in [0.717, 1.165) is 23.0 Å². The van der Waals surface area contributed by atoms with Crippen LogP contribution in [0.4, 0.5) is 0 Å². The van der Waals surface area contributed by atoms with E-state index in [0.29, 0.717) is 23.5 Å². The van der Waals surface area contributed by atoms with Crippen molar-refractivity contribution in [3.63, 3.8) is 0 Å². The van der Waals surface area contributed by atoms with E-state index in [9.17, 15) is 5.11 Å². The molecule has 2 heterocycles. The average molecular weight is 551 g/mol. The Balaban J connectivity index is 1.25. The highest BCUT2D eigenvalue weighted by Crippen LogP contribution is 2.67. The van der Waals surface area contributed by atoms with Gasteiger partial charge in [-0.25, -0.2) is 4.99 Å². The fraction of sp³-hybridized carbons (Fsp3) is 0.324. The van der Waals surface area contributed by atoms with Crippen LogP contribution in [0.5, 0.6) is 5.75 Å². The molecule has 0 saturated heterocycles. The van der Waals surface area contributed by atoms with Gasteiger partial charge in [-0.05, 0) is 102 Å². The maximum absolute atomic E-state index is 10.1. The highest BCUT2D eigenvalue weighted by atomic mass is 35.5. The SMILES string of the molecule is C[C@]12CC[C@@H]3c4ccc(O)cc4CCC3[C@@H]1CC1=C2N2C(c3ccccc3)=CSC2=NC1c1ccc(Cl)cc1. The minimum atomic E-state index is 0.0354. The van der Waals surface area contributed by atoms with Crippen molar-refractivity contribution in [2.75, 3.05) is 0 Å². The first-order chi connectivity index (χ1) is 19.0. The summed E-state index contributed by atoms with van der Waals surface area (Å²) in [5.74, 6) is 2.18. The number of aryl methyl sites for hydroxylation is 1. The number of aliphatic imine (C=N–C) groups is 1. The largest absolute Gasteiger partial charge is 0.508 e. The molecule has 5 atom stereocenters. The highest BCUT2D eigenvalue weighted by Gasteiger charge is 2.58. The van der Waals surface area contributed by atoms with E-state index in [2.05, 4.69) is 65.8 Å². The molecule has 8 rings (SSSR count). The van der Waals surface area contributed by atoms with Crippen LogP contribution < -0.4 is 0 Å². The van der Waals surface area contributed by atoms with Crippen molar-refractivity contribution < 1.29 is 5.11 Å². The van der Waals surface area contributed by atoms with E-state index >= 15 is 0 Å². The summed E-state index contributed by atoms with van der Waals surface area (Å²) in [5.41, 5.74) is 9.66. The molecule has 3 nitrogen and oxygen atoms in total. The quantitative estimate of drug-likeness (QED) is 0.346. The van der Waals surface area contributed by atoms with Gasteiger partial charge in [-0.2, -0.15) is 0 Å². The number of amidine groups is 1. The zero-order valence-electron chi connectivity index (χ0n) is 22.0. The lowest BCUT2D eigenvalue weighted by Crippen LogP contribution is -2.44. The average Bonchev–Trinajstić information content (AvgIpc) is 3.51. The van der Waals surface area contributed by atoms with Gasteiger partial charge in [0, 0.05) is 21.5 Å². The van der Waals surface area contributed by atoms with Crippen LogP contribution in [0, 0.1) is 17.3 Å². The Labute approximate surface area is 239 Å². The second-order valence-electron chi connectivity index (χ2n) is 12.0. The van der Waals surface area contributed by atoms with Gasteiger partial charge in [-0.1, -0.05) is 78.8 Å². The molecule has 3 aliphatic carbocycles. The number of hydrogen-bond donors (Lipinski definition) is 1. The fourth-order valence-electron chi connectivity index (χ4n) is 8.44. The van der Waals surface area contributed by atoms with E-state index in [-0.39, 0.29) is 11.5 Å². The number of rotatable bonds is 2. The predicted molar refractivity (Wildman–Crippen MR) is 161 cm³/mol. The van der Waals surface area contributed by atoms with Crippen LogP contribution in [-0.2, 0) is 6.42 Å². The van der Waals surface area contributed by atoms with Crippen molar-refractivity contribution in [3.8, 4) is 5.75 Å². The summed E-state index contributed by atoms with van der Waals surface area (Å²) in [6.07, 6.45) is 5.70. The summed E-state index contributed by atoms with van der Waals surface area (Å²) < 4.78 is 0. The lowest BCUT2D eigenvalue weighted by atomic mass is 9.55. The number of thioether (sulfide) groups is 1. The van der Waals surface area contributed by atoms with E-state index in [1.807, 2.05) is 24.3 Å². The smallest absolute Gasteiger partial charge is 0.173 e. The minimum Gasteiger partial charge on any atom is -0.508 e. The van der Waals surface area contributed by atoms with Gasteiger partial charge in [0.1, 0.15) is 11.8 Å². The van der Waals surface area contributed by atoms with Crippen molar-refractivity contribution >= 4 is 34.2 Å². The first-order valence-electron chi connectivity index (χ1n) is 14.1. The second kappa shape index (κ2) is 8.78. The van der Waals surface area contributed by atoms with E-state index in [4.69, 9.17) is 16.6 Å². The molecular formula is C34H31ClN2OS. The Morgan fingerprint density at radius 1 is 1.03 bits per heavy atom. The van der Waals surface area contributed by atoms with Gasteiger partial charge < -0.3 is 5.11 Å². The zero-order chi connectivity index (χ0) is 26.3. The lowest BCUT2D eigenvalue weighted by molar-refractivity contribution is 0.0665. The van der Waals surface area contributed by atoms with Crippen LogP contribution >= 0.6 is 23.4 Å². The summed E-state index contributed by atoms with van der Waals surface area (Å²) in [6, 6.07) is 25.3. The van der Waals surface area contributed by atoms with Crippen LogP contribution in [0.15, 0.2) is 94.5 Å². The van der Waals surface area contributed by atoms with Crippen molar-refractivity contribution in [1.29, 1.82) is 0 Å². The third kappa shape index (κ3) is 3.54. The first kappa shape index (κ1) is 23.9. The Morgan fingerprint density at radius 3 is 2.67 bits per heavy atom. The van der Waals surface area contributed by atoms with E-state index in [1.165, 1.54) is 58.5 Å². The third-order valence-corrected chi connectivity index (χ3v) is 11.2. The molecule has 1 N–H and O–H groups in total. The number of fused-ring (bicyclic) bond motifs is 8. The number of hydrogen-bond acceptors (Lipinski definition) is 4. The molecule has 1 fully saturated rings. The number of halogens is 1. The second-order valence-corrected chi connectivity index (χ2v) is 13.3. The number of phenolic OH excluding ortho intramolecular Hbond substituents is 1. The van der Waals surface area contributed by atoms with Gasteiger partial charge in [0.05, 0.1) is 5.70 Å². The van der Waals surface area contributed by atoms with Crippen LogP contribution in [0.1, 0.15) is 66.8 Å². The van der Waals surface area contributed by atoms with Crippen LogP contribution in [-0.4, -0.2) is 15.2 Å². The number of benzene rings is 3. The van der Waals surface area contributed by atoms with Crippen LogP contribution in [0.2, 0.25) is 5.02 Å². The summed E-state index contributed by atoms with van der Waals surface area (Å²) in [6.45, 7) is 2.55. The zero-order valence-corrected chi connectivity index (χ0v) is 23.6. The maximum Gasteiger partial charge on any atom is 0.173 e. The molecule has 0 spiro atoms. The monoisotopic (exact) mass is 550 g/mol. The van der Waals surface area contributed by atoms with Gasteiger partial charge in [0.15, 0.2) is 5.17 Å². The topological polar surface area (TPSA) is 35.8 Å². The highest BCUT2D eigenvalue weighted by molar-refractivity contribution is 8.16. The molecule has 39 heavy (non-hydrogen) atoms. The Hall–Kier alpha value is -2.95. The molecular weight excluding hydrogens is 520 g/mol. The molecule has 196 valence electrons. The van der Waals surface area contributed by atoms with Crippen LogP contribution in [0.25, 0.3) is 5.70 Å². The van der Waals surface area contributed by atoms with Crippen molar-refractivity contribution in [1.82, 2.24) is 4.90 Å². The van der Waals surface area contributed by atoms with E-state index < -0.39 is 0 Å². The van der Waals surface area contributed by atoms with Crippen molar-refractivity contribution in [2.45, 2.75) is 51.0 Å². The maximum atomic E-state index is 10.1. The summed E-state index contributed by atoms with van der Waals surface area (Å²) >= 11 is 8.07. The number of phenols is 1. The van der Waals surface area contributed by atoms with Gasteiger partial charge in [0.25, 0.3) is 0 Å². The van der Waals surface area contributed by atoms with Crippen molar-refractivity contribution in [3.05, 3.63) is 117 Å². The molecule has 0 aromatic heterocycles. The summed E-state index contributed by atoms with van der Waals surface area (Å²) in [4.78, 5) is 7.95. The Kier molecular flexibility index (Phi) is 5.38. The number of allylic oxidation sites excluding steroid dienone is 1. The third-order valence-electron chi connectivity index (χ3n) is 10.1. The van der Waals surface area contributed by atoms with Gasteiger partial charge in [-0.15, -0.1) is 0 Å². The number of nitrogens with zero attached hydrogens (tertiary/aromatic N) is 2. The van der Waals surface area contributed by atoms with Crippen LogP contribution in [0.3, 0.4) is 0 Å². The van der Waals surface area contributed by atoms with Gasteiger partial charge in [-0.3, -0.25) is 4.90 Å². The molecule has 1 saturated carbocycles. The van der Waals surface area contributed by atoms with E-state index in [1.54, 1.807) is 11.8 Å². The Bertz CT molecular complexity index is 1580. The van der Waals surface area contributed by atoms with Gasteiger partial charge in [0.2, 0.25) is 0 Å². The summed E-state index contributed by atoms with van der Waals surface area (Å²) in [7, 11) is 0. The lowest BCUT2D eigenvalue weighted by Gasteiger charge is -2.51. The first-order valence-corrected chi connectivity index (χ1v) is 15.4. The minimum absolute atomic E-state index is 0.0354. The van der Waals surface area contributed by atoms with Gasteiger partial charge >= 0.3 is 0 Å². The standard InChI is InChI=1S/C34H31ClN2OS/c1-34-16-15-26-25-14-12-24(38)17-22(25)9-13-27(26)29(34)18-28-31(21-7-10-23(35)11-8-21)36-33-37(32(28)34)30(19-39-33)20-5-3-2-4-6-20/h2-8,10-12,14,17,19,26-27,29,31,38H,9,13,15-16,18H2,1H3/t26-,27?,29+,31?,34+/m1/s1. The summed E-state index contributed by atoms with van der Waals surface area (Å²) in [5, 5.41) is 14.3. The predicted octanol–water partition coefficient (Wildman–Crippen LogP) is 8.92. The Morgan fingerprint density at radius 2 is 1.85 bits per heavy atom. The normalized spacial score (nSPS) is 30.6. The fourth-order valence-corrected chi connectivity index (χ4v) is 9.48. The molecule has 3 aromatic rings. The molecule has 2 aliphatic heterocycles. The molecule has 5 heteroatoms. The molecule has 2 unspecified atom stereocenters. The molecule has 5 aliphatic rings.